The first-order valence-electron chi connectivity index (χ1n) is 7.85. The number of rotatable bonds is 9. The molecule has 1 aliphatic rings. The Labute approximate surface area is 136 Å². The van der Waals surface area contributed by atoms with Gasteiger partial charge in [0.15, 0.2) is 6.10 Å². The lowest BCUT2D eigenvalue weighted by atomic mass is 10.3. The Balaban J connectivity index is 1.59. The molecular formula is C17H23NO5. The van der Waals surface area contributed by atoms with Crippen LogP contribution in [-0.2, 0) is 14.3 Å². The number of hydrogen-bond acceptors (Lipinski definition) is 5. The molecule has 0 heterocycles. The maximum atomic E-state index is 11.7. The second-order valence-electron chi connectivity index (χ2n) is 5.54. The zero-order valence-corrected chi connectivity index (χ0v) is 13.5. The first kappa shape index (κ1) is 17.1. The number of amides is 1. The highest BCUT2D eigenvalue weighted by Gasteiger charge is 2.27. The van der Waals surface area contributed by atoms with Gasteiger partial charge in [0.05, 0.1) is 13.7 Å². The van der Waals surface area contributed by atoms with Gasteiger partial charge in [0.25, 0.3) is 5.91 Å². The Kier molecular flexibility index (Phi) is 6.26. The van der Waals surface area contributed by atoms with Crippen molar-refractivity contribution in [2.24, 2.45) is 0 Å². The number of hydrogen-bond donors (Lipinski definition) is 1. The maximum absolute atomic E-state index is 11.7. The highest BCUT2D eigenvalue weighted by atomic mass is 16.5. The summed E-state index contributed by atoms with van der Waals surface area (Å²) in [6, 6.07) is 7.50. The van der Waals surface area contributed by atoms with E-state index in [1.807, 2.05) is 12.1 Å². The van der Waals surface area contributed by atoms with Crippen LogP contribution in [0.1, 0.15) is 32.6 Å². The van der Waals surface area contributed by atoms with Gasteiger partial charge in [-0.05, 0) is 50.5 Å². The molecule has 1 aromatic rings. The SMILES string of the molecule is COc1ccc(OCCCC(=O)O[C@H](C)C(=O)NC2CC2)cc1. The monoisotopic (exact) mass is 321 g/mol. The zero-order valence-electron chi connectivity index (χ0n) is 13.5. The van der Waals surface area contributed by atoms with E-state index in [1.165, 1.54) is 0 Å². The predicted octanol–water partition coefficient (Wildman–Crippen LogP) is 2.06. The number of benzene rings is 1. The molecule has 0 spiro atoms. The molecule has 1 aromatic carbocycles. The van der Waals surface area contributed by atoms with Gasteiger partial charge in [-0.2, -0.15) is 0 Å². The van der Waals surface area contributed by atoms with Gasteiger partial charge >= 0.3 is 5.97 Å². The predicted molar refractivity (Wildman–Crippen MR) is 84.4 cm³/mol. The Morgan fingerprint density at radius 2 is 1.87 bits per heavy atom. The van der Waals surface area contributed by atoms with Crippen LogP contribution in [0, 0.1) is 0 Å². The van der Waals surface area contributed by atoms with Crippen LogP contribution in [0.25, 0.3) is 0 Å². The molecule has 0 aromatic heterocycles. The molecule has 23 heavy (non-hydrogen) atoms. The molecule has 1 fully saturated rings. The Bertz CT molecular complexity index is 524. The lowest BCUT2D eigenvalue weighted by molar-refractivity contribution is -0.155. The van der Waals surface area contributed by atoms with Crippen LogP contribution < -0.4 is 14.8 Å². The molecule has 1 amide bonds. The summed E-state index contributed by atoms with van der Waals surface area (Å²) in [6.45, 7) is 1.99. The third kappa shape index (κ3) is 6.18. The molecule has 6 nitrogen and oxygen atoms in total. The van der Waals surface area contributed by atoms with Crippen molar-refractivity contribution in [3.8, 4) is 11.5 Å². The highest BCUT2D eigenvalue weighted by molar-refractivity contribution is 5.83. The molecule has 0 saturated heterocycles. The standard InChI is InChI=1S/C17H23NO5/c1-12(17(20)18-13-5-6-13)23-16(19)4-3-11-22-15-9-7-14(21-2)8-10-15/h7-10,12-13H,3-6,11H2,1-2H3,(H,18,20)/t12-/m1/s1. The van der Waals surface area contributed by atoms with E-state index in [0.717, 1.165) is 24.3 Å². The number of ether oxygens (including phenoxy) is 3. The van der Waals surface area contributed by atoms with Crippen LogP contribution in [0.5, 0.6) is 11.5 Å². The number of methoxy groups -OCH3 is 1. The second-order valence-corrected chi connectivity index (χ2v) is 5.54. The lowest BCUT2D eigenvalue weighted by Crippen LogP contribution is -2.37. The fourth-order valence-electron chi connectivity index (χ4n) is 1.93. The molecular weight excluding hydrogens is 298 g/mol. The smallest absolute Gasteiger partial charge is 0.306 e. The van der Waals surface area contributed by atoms with Crippen LogP contribution >= 0.6 is 0 Å². The van der Waals surface area contributed by atoms with Gasteiger partial charge in [0.2, 0.25) is 0 Å². The number of carbonyl (C=O) groups excluding carboxylic acids is 2. The first-order chi connectivity index (χ1) is 11.1. The minimum atomic E-state index is -0.745. The fraction of sp³-hybridized carbons (Fsp3) is 0.529. The van der Waals surface area contributed by atoms with E-state index in [2.05, 4.69) is 5.32 Å². The molecule has 126 valence electrons. The molecule has 1 atom stereocenters. The van der Waals surface area contributed by atoms with Gasteiger partial charge in [-0.15, -0.1) is 0 Å². The summed E-state index contributed by atoms with van der Waals surface area (Å²) in [6.07, 6.45) is 2.02. The average Bonchev–Trinajstić information content (AvgIpc) is 3.36. The molecule has 6 heteroatoms. The van der Waals surface area contributed by atoms with Crippen molar-refractivity contribution in [2.45, 2.75) is 44.8 Å². The van der Waals surface area contributed by atoms with Gasteiger partial charge in [-0.3, -0.25) is 9.59 Å². The summed E-state index contributed by atoms with van der Waals surface area (Å²) in [5, 5.41) is 2.81. The number of carbonyl (C=O) groups is 2. The lowest BCUT2D eigenvalue weighted by Gasteiger charge is -2.13. The molecule has 0 unspecified atom stereocenters. The van der Waals surface area contributed by atoms with E-state index in [4.69, 9.17) is 14.2 Å². The summed E-state index contributed by atoms with van der Waals surface area (Å²) in [4.78, 5) is 23.4. The molecule has 0 aliphatic heterocycles. The van der Waals surface area contributed by atoms with E-state index in [9.17, 15) is 9.59 Å². The van der Waals surface area contributed by atoms with Gasteiger partial charge in [-0.25, -0.2) is 0 Å². The minimum Gasteiger partial charge on any atom is -0.497 e. The van der Waals surface area contributed by atoms with E-state index in [1.54, 1.807) is 26.2 Å². The van der Waals surface area contributed by atoms with Gasteiger partial charge in [0, 0.05) is 12.5 Å². The van der Waals surface area contributed by atoms with E-state index in [-0.39, 0.29) is 24.3 Å². The topological polar surface area (TPSA) is 73.9 Å². The van der Waals surface area contributed by atoms with Crippen molar-refractivity contribution in [3.05, 3.63) is 24.3 Å². The van der Waals surface area contributed by atoms with E-state index >= 15 is 0 Å². The Morgan fingerprint density at radius 3 is 2.48 bits per heavy atom. The highest BCUT2D eigenvalue weighted by Crippen LogP contribution is 2.19. The minimum absolute atomic E-state index is 0.219. The summed E-state index contributed by atoms with van der Waals surface area (Å²) in [5.74, 6) is 0.868. The molecule has 2 rings (SSSR count). The van der Waals surface area contributed by atoms with Crippen molar-refractivity contribution >= 4 is 11.9 Å². The van der Waals surface area contributed by atoms with Gasteiger partial charge < -0.3 is 19.5 Å². The van der Waals surface area contributed by atoms with Crippen molar-refractivity contribution in [1.29, 1.82) is 0 Å². The normalized spacial score (nSPS) is 14.7. The molecule has 1 N–H and O–H groups in total. The number of nitrogens with one attached hydrogen (secondary N) is 1. The van der Waals surface area contributed by atoms with Crippen molar-refractivity contribution in [2.75, 3.05) is 13.7 Å². The van der Waals surface area contributed by atoms with Crippen LogP contribution in [0.3, 0.4) is 0 Å². The molecule has 1 saturated carbocycles. The van der Waals surface area contributed by atoms with Crippen LogP contribution in [0.2, 0.25) is 0 Å². The Morgan fingerprint density at radius 1 is 1.22 bits per heavy atom. The summed E-state index contributed by atoms with van der Waals surface area (Å²) in [5.41, 5.74) is 0. The second kappa shape index (κ2) is 8.41. The third-order valence-corrected chi connectivity index (χ3v) is 3.45. The van der Waals surface area contributed by atoms with E-state index < -0.39 is 6.10 Å². The quantitative estimate of drug-likeness (QED) is 0.557. The van der Waals surface area contributed by atoms with Crippen molar-refractivity contribution in [3.63, 3.8) is 0 Å². The first-order valence-corrected chi connectivity index (χ1v) is 7.85. The average molecular weight is 321 g/mol. The van der Waals surface area contributed by atoms with Crippen LogP contribution in [0.15, 0.2) is 24.3 Å². The largest absolute Gasteiger partial charge is 0.497 e. The number of esters is 1. The van der Waals surface area contributed by atoms with Crippen molar-refractivity contribution < 1.29 is 23.8 Å². The van der Waals surface area contributed by atoms with E-state index in [0.29, 0.717) is 13.0 Å². The Hall–Kier alpha value is -2.24. The van der Waals surface area contributed by atoms with Gasteiger partial charge in [0.1, 0.15) is 11.5 Å². The summed E-state index contributed by atoms with van der Waals surface area (Å²) in [7, 11) is 1.60. The molecule has 1 aliphatic carbocycles. The summed E-state index contributed by atoms with van der Waals surface area (Å²) < 4.78 is 15.7. The van der Waals surface area contributed by atoms with Crippen molar-refractivity contribution in [1.82, 2.24) is 5.32 Å². The third-order valence-electron chi connectivity index (χ3n) is 3.45. The van der Waals surface area contributed by atoms with Crippen LogP contribution in [0.4, 0.5) is 0 Å². The van der Waals surface area contributed by atoms with Gasteiger partial charge in [-0.1, -0.05) is 0 Å². The van der Waals surface area contributed by atoms with Crippen LogP contribution in [-0.4, -0.2) is 37.7 Å². The maximum Gasteiger partial charge on any atom is 0.306 e. The fourth-order valence-corrected chi connectivity index (χ4v) is 1.93. The summed E-state index contributed by atoms with van der Waals surface area (Å²) >= 11 is 0. The molecule has 0 bridgehead atoms. The zero-order chi connectivity index (χ0) is 16.7. The molecule has 0 radical (unpaired) electrons.